The number of para-hydroxylation sites is 2. The second-order valence-corrected chi connectivity index (χ2v) is 10.9. The van der Waals surface area contributed by atoms with Gasteiger partial charge in [-0.2, -0.15) is 9.78 Å². The van der Waals surface area contributed by atoms with E-state index in [-0.39, 0.29) is 17.3 Å². The van der Waals surface area contributed by atoms with Gasteiger partial charge in [-0.05, 0) is 72.1 Å². The Morgan fingerprint density at radius 3 is 2.77 bits per heavy atom. The number of hydrogen-bond acceptors (Lipinski definition) is 13. The van der Waals surface area contributed by atoms with Gasteiger partial charge in [0, 0.05) is 17.9 Å². The van der Waals surface area contributed by atoms with Gasteiger partial charge in [0.25, 0.3) is 11.1 Å². The van der Waals surface area contributed by atoms with Crippen LogP contribution >= 0.6 is 11.8 Å². The minimum atomic E-state index is -0.511. The molecule has 2 aromatic carbocycles. The first-order valence-electron chi connectivity index (χ1n) is 13.8. The van der Waals surface area contributed by atoms with Gasteiger partial charge in [0.1, 0.15) is 11.3 Å². The molecule has 0 unspecified atom stereocenters. The van der Waals surface area contributed by atoms with Crippen LogP contribution in [-0.4, -0.2) is 67.5 Å². The van der Waals surface area contributed by atoms with Crippen LogP contribution in [0.2, 0.25) is 0 Å². The van der Waals surface area contributed by atoms with Gasteiger partial charge in [0.05, 0.1) is 19.0 Å². The molecule has 0 spiro atoms. The van der Waals surface area contributed by atoms with Gasteiger partial charge in [0.15, 0.2) is 11.3 Å². The number of hydrogen-bond donors (Lipinski definition) is 2. The molecule has 0 aliphatic carbocycles. The highest BCUT2D eigenvalue weighted by molar-refractivity contribution is 7.98. The predicted molar refractivity (Wildman–Crippen MR) is 159 cm³/mol. The van der Waals surface area contributed by atoms with E-state index in [0.29, 0.717) is 23.2 Å². The molecule has 15 heteroatoms. The van der Waals surface area contributed by atoms with Crippen molar-refractivity contribution in [3.05, 3.63) is 65.0 Å². The summed E-state index contributed by atoms with van der Waals surface area (Å²) >= 11 is 1.46. The smallest absolute Gasteiger partial charge is 0.293 e. The average molecular weight is 603 g/mol. The standard InChI is InChI=1S/C28H30N10O4S/c1-40-22-11-10-18(14-19(22)17-43-28-31-20-8-4-5-9-23(20)41-28)15-30-33-27(39)24-21(16-37-12-6-2-3-7-13-37)38(36-32-24)26-25(29)34-42-35-26/h4-5,8-11,14-15H,2-3,6-7,12-13,16-17H2,1H3,(H2,29,34)(H,33,39)/b30-15-. The van der Waals surface area contributed by atoms with E-state index < -0.39 is 5.91 Å². The number of amides is 1. The van der Waals surface area contributed by atoms with Gasteiger partial charge in [-0.25, -0.2) is 15.0 Å². The highest BCUT2D eigenvalue weighted by Crippen LogP contribution is 2.30. The lowest BCUT2D eigenvalue weighted by molar-refractivity contribution is 0.0947. The number of nitrogens with two attached hydrogens (primary N) is 1. The highest BCUT2D eigenvalue weighted by Gasteiger charge is 2.26. The fourth-order valence-corrected chi connectivity index (χ4v) is 5.71. The molecule has 1 amide bonds. The van der Waals surface area contributed by atoms with Crippen molar-refractivity contribution in [1.29, 1.82) is 0 Å². The molecule has 14 nitrogen and oxygen atoms in total. The zero-order valence-corrected chi connectivity index (χ0v) is 24.3. The number of methoxy groups -OCH3 is 1. The number of ether oxygens (including phenoxy) is 1. The van der Waals surface area contributed by atoms with Crippen molar-refractivity contribution in [2.45, 2.75) is 43.2 Å². The Morgan fingerprint density at radius 1 is 1.16 bits per heavy atom. The molecule has 4 heterocycles. The third kappa shape index (κ3) is 6.52. The minimum Gasteiger partial charge on any atom is -0.496 e. The molecular formula is C28H30N10O4S. The van der Waals surface area contributed by atoms with Crippen LogP contribution in [0.3, 0.4) is 0 Å². The molecule has 3 N–H and O–H groups in total. The molecule has 0 bridgehead atoms. The van der Waals surface area contributed by atoms with Crippen LogP contribution in [-0.2, 0) is 12.3 Å². The number of nitrogens with one attached hydrogen (secondary N) is 1. The van der Waals surface area contributed by atoms with E-state index in [9.17, 15) is 4.79 Å². The summed E-state index contributed by atoms with van der Waals surface area (Å²) in [6, 6.07) is 13.3. The summed E-state index contributed by atoms with van der Waals surface area (Å²) in [5, 5.41) is 20.5. The van der Waals surface area contributed by atoms with Crippen molar-refractivity contribution in [2.24, 2.45) is 5.10 Å². The molecule has 0 radical (unpaired) electrons. The van der Waals surface area contributed by atoms with Crippen LogP contribution in [0.5, 0.6) is 5.75 Å². The number of aromatic nitrogens is 6. The topological polar surface area (TPSA) is 176 Å². The van der Waals surface area contributed by atoms with E-state index in [1.54, 1.807) is 13.3 Å². The molecule has 43 heavy (non-hydrogen) atoms. The van der Waals surface area contributed by atoms with Gasteiger partial charge in [-0.15, -0.1) is 5.10 Å². The first-order valence-corrected chi connectivity index (χ1v) is 14.8. The first-order chi connectivity index (χ1) is 21.1. The number of carbonyl (C=O) groups excluding carboxylic acids is 1. The van der Waals surface area contributed by atoms with Crippen LogP contribution in [0.1, 0.15) is 53.0 Å². The summed E-state index contributed by atoms with van der Waals surface area (Å²) < 4.78 is 17.5. The third-order valence-corrected chi connectivity index (χ3v) is 7.93. The van der Waals surface area contributed by atoms with E-state index >= 15 is 0 Å². The molecule has 5 aromatic rings. The van der Waals surface area contributed by atoms with Crippen LogP contribution in [0, 0.1) is 0 Å². The summed E-state index contributed by atoms with van der Waals surface area (Å²) in [5.41, 5.74) is 12.4. The van der Waals surface area contributed by atoms with Crippen molar-refractivity contribution < 1.29 is 18.6 Å². The second-order valence-electron chi connectivity index (χ2n) is 9.97. The molecular weight excluding hydrogens is 572 g/mol. The minimum absolute atomic E-state index is 0.0524. The normalized spacial score (nSPS) is 14.3. The van der Waals surface area contributed by atoms with E-state index in [4.69, 9.17) is 19.5 Å². The van der Waals surface area contributed by atoms with E-state index in [2.05, 4.69) is 41.0 Å². The Morgan fingerprint density at radius 2 is 2.00 bits per heavy atom. The van der Waals surface area contributed by atoms with Crippen molar-refractivity contribution in [3.63, 3.8) is 0 Å². The second kappa shape index (κ2) is 13.0. The maximum atomic E-state index is 13.2. The number of likely N-dealkylation sites (tertiary alicyclic amines) is 1. The van der Waals surface area contributed by atoms with Gasteiger partial charge in [-0.1, -0.05) is 41.9 Å². The Bertz CT molecular complexity index is 1710. The van der Waals surface area contributed by atoms with Crippen molar-refractivity contribution in [1.82, 2.24) is 40.6 Å². The lowest BCUT2D eigenvalue weighted by Gasteiger charge is -2.20. The highest BCUT2D eigenvalue weighted by atomic mass is 32.2. The SMILES string of the molecule is COc1ccc(/C=N\NC(=O)c2nnn(-c3nonc3N)c2CN2CCCCCC2)cc1CSc1nc2ccccc2o1. The Kier molecular flexibility index (Phi) is 8.60. The Labute approximate surface area is 250 Å². The number of fused-ring (bicyclic) bond motifs is 1. The summed E-state index contributed by atoms with van der Waals surface area (Å²) in [6.45, 7) is 2.24. The van der Waals surface area contributed by atoms with Gasteiger partial charge >= 0.3 is 0 Å². The third-order valence-electron chi connectivity index (χ3n) is 7.06. The number of nitrogens with zero attached hydrogens (tertiary/aromatic N) is 8. The molecule has 1 aliphatic heterocycles. The Balaban J connectivity index is 1.17. The van der Waals surface area contributed by atoms with Gasteiger partial charge in [0.2, 0.25) is 11.6 Å². The van der Waals surface area contributed by atoms with Crippen molar-refractivity contribution in [3.8, 4) is 11.6 Å². The molecule has 222 valence electrons. The molecule has 1 saturated heterocycles. The summed E-state index contributed by atoms with van der Waals surface area (Å²) in [6.07, 6.45) is 6.08. The fourth-order valence-electron chi connectivity index (χ4n) is 4.90. The average Bonchev–Trinajstić information content (AvgIpc) is 3.69. The number of oxazole rings is 1. The van der Waals surface area contributed by atoms with E-state index in [1.807, 2.05) is 42.5 Å². The number of rotatable bonds is 10. The number of benzene rings is 2. The van der Waals surface area contributed by atoms with Crippen LogP contribution < -0.4 is 15.9 Å². The molecule has 1 fully saturated rings. The molecule has 6 rings (SSSR count). The van der Waals surface area contributed by atoms with Crippen molar-refractivity contribution in [2.75, 3.05) is 25.9 Å². The van der Waals surface area contributed by atoms with Crippen LogP contribution in [0.15, 0.2) is 61.8 Å². The van der Waals surface area contributed by atoms with E-state index in [0.717, 1.165) is 53.9 Å². The number of nitrogen functional groups attached to an aromatic ring is 1. The fraction of sp³-hybridized carbons (Fsp3) is 0.321. The summed E-state index contributed by atoms with van der Waals surface area (Å²) in [7, 11) is 1.62. The summed E-state index contributed by atoms with van der Waals surface area (Å²) in [5.74, 6) is 1.01. The lowest BCUT2D eigenvalue weighted by Crippen LogP contribution is -2.28. The van der Waals surface area contributed by atoms with Gasteiger partial charge < -0.3 is 14.9 Å². The molecule has 3 aromatic heterocycles. The van der Waals surface area contributed by atoms with Gasteiger partial charge in [-0.3, -0.25) is 9.69 Å². The maximum Gasteiger partial charge on any atom is 0.293 e. The number of hydrazone groups is 1. The van der Waals surface area contributed by atoms with Crippen LogP contribution in [0.4, 0.5) is 5.82 Å². The summed E-state index contributed by atoms with van der Waals surface area (Å²) in [4.78, 5) is 20.0. The number of anilines is 1. The molecule has 0 saturated carbocycles. The zero-order valence-electron chi connectivity index (χ0n) is 23.5. The van der Waals surface area contributed by atoms with Crippen molar-refractivity contribution >= 4 is 40.8 Å². The lowest BCUT2D eigenvalue weighted by atomic mass is 10.1. The molecule has 1 aliphatic rings. The van der Waals surface area contributed by atoms with Crippen LogP contribution in [0.25, 0.3) is 16.9 Å². The Hall–Kier alpha value is -4.76. The predicted octanol–water partition coefficient (Wildman–Crippen LogP) is 3.81. The zero-order chi connectivity index (χ0) is 29.6. The quantitative estimate of drug-likeness (QED) is 0.134. The number of thioether (sulfide) groups is 1. The number of carbonyl (C=O) groups is 1. The largest absolute Gasteiger partial charge is 0.496 e. The maximum absolute atomic E-state index is 13.2. The van der Waals surface area contributed by atoms with E-state index in [1.165, 1.54) is 29.3 Å². The first kappa shape index (κ1) is 28.4. The monoisotopic (exact) mass is 602 g/mol. The molecule has 0 atom stereocenters.